The van der Waals surface area contributed by atoms with Crippen LogP contribution in [0.25, 0.3) is 87.2 Å². The van der Waals surface area contributed by atoms with Gasteiger partial charge in [0.15, 0.2) is 0 Å². The van der Waals surface area contributed by atoms with Gasteiger partial charge in [0.05, 0.1) is 0 Å². The molecule has 9 rings (SSSR count). The Kier molecular flexibility index (Phi) is 5.61. The molecule has 204 valence electrons. The maximum absolute atomic E-state index is 2.43. The normalized spacial score (nSPS) is 11.6. The molecule has 44 heavy (non-hydrogen) atoms. The first-order valence-corrected chi connectivity index (χ1v) is 15.3. The molecule has 0 fully saturated rings. The van der Waals surface area contributed by atoms with Crippen molar-refractivity contribution in [2.75, 3.05) is 0 Å². The average Bonchev–Trinajstić information content (AvgIpc) is 3.10. The van der Waals surface area contributed by atoms with Crippen LogP contribution in [0.5, 0.6) is 0 Å². The van der Waals surface area contributed by atoms with Crippen molar-refractivity contribution < 1.29 is 0 Å². The lowest BCUT2D eigenvalue weighted by Crippen LogP contribution is -1.92. The van der Waals surface area contributed by atoms with Crippen molar-refractivity contribution in [1.82, 2.24) is 0 Å². The van der Waals surface area contributed by atoms with Gasteiger partial charge in [-0.05, 0) is 105 Å². The summed E-state index contributed by atoms with van der Waals surface area (Å²) in [5, 5.41) is 12.8. The highest BCUT2D eigenvalue weighted by atomic mass is 14.2. The van der Waals surface area contributed by atoms with Gasteiger partial charge in [-0.2, -0.15) is 0 Å². The fourth-order valence-electron chi connectivity index (χ4n) is 7.21. The molecular formula is C44H28. The summed E-state index contributed by atoms with van der Waals surface area (Å²) in [4.78, 5) is 0. The summed E-state index contributed by atoms with van der Waals surface area (Å²) >= 11 is 0. The van der Waals surface area contributed by atoms with Crippen LogP contribution in [0.3, 0.4) is 0 Å². The lowest BCUT2D eigenvalue weighted by Gasteiger charge is -2.19. The Morgan fingerprint density at radius 3 is 1.48 bits per heavy atom. The van der Waals surface area contributed by atoms with Crippen LogP contribution in [0.15, 0.2) is 170 Å². The van der Waals surface area contributed by atoms with Gasteiger partial charge in [-0.1, -0.05) is 152 Å². The number of hydrogen-bond donors (Lipinski definition) is 0. The molecule has 0 atom stereocenters. The van der Waals surface area contributed by atoms with Crippen molar-refractivity contribution in [3.63, 3.8) is 0 Å². The number of hydrogen-bond acceptors (Lipinski definition) is 0. The fourth-order valence-corrected chi connectivity index (χ4v) is 7.21. The standard InChI is InChI=1S/C44H28/c1-3-13-30(14-4-1)43-37-19-9-10-20-38(37)44(31-15-5-2-6-16-31)42-28-33(24-25-39(42)43)36-21-11-17-32-26-41-34(27-40(32)36)23-22-29-12-7-8-18-35(29)41/h1-28H. The second-order valence-corrected chi connectivity index (χ2v) is 11.7. The number of fused-ring (bicyclic) bond motifs is 6. The Morgan fingerprint density at radius 1 is 0.227 bits per heavy atom. The molecule has 0 heterocycles. The van der Waals surface area contributed by atoms with E-state index >= 15 is 0 Å². The van der Waals surface area contributed by atoms with Crippen molar-refractivity contribution >= 4 is 53.9 Å². The zero-order valence-electron chi connectivity index (χ0n) is 24.2. The minimum absolute atomic E-state index is 1.23. The van der Waals surface area contributed by atoms with Crippen LogP contribution < -0.4 is 0 Å². The summed E-state index contributed by atoms with van der Waals surface area (Å²) in [7, 11) is 0. The first-order valence-electron chi connectivity index (χ1n) is 15.3. The van der Waals surface area contributed by atoms with Crippen molar-refractivity contribution in [2.24, 2.45) is 0 Å². The second-order valence-electron chi connectivity index (χ2n) is 11.7. The highest BCUT2D eigenvalue weighted by Crippen LogP contribution is 2.45. The lowest BCUT2D eigenvalue weighted by molar-refractivity contribution is 1.64. The summed E-state index contributed by atoms with van der Waals surface area (Å²) in [5.74, 6) is 0. The van der Waals surface area contributed by atoms with Crippen LogP contribution in [0, 0.1) is 0 Å². The summed E-state index contributed by atoms with van der Waals surface area (Å²) in [6.45, 7) is 0. The summed E-state index contributed by atoms with van der Waals surface area (Å²) < 4.78 is 0. The maximum Gasteiger partial charge on any atom is -0.00262 e. The van der Waals surface area contributed by atoms with E-state index < -0.39 is 0 Å². The van der Waals surface area contributed by atoms with E-state index in [1.807, 2.05) is 0 Å². The molecule has 0 spiro atoms. The minimum Gasteiger partial charge on any atom is -0.0622 e. The molecular weight excluding hydrogens is 528 g/mol. The third kappa shape index (κ3) is 3.85. The van der Waals surface area contributed by atoms with Crippen LogP contribution in [-0.4, -0.2) is 0 Å². The van der Waals surface area contributed by atoms with E-state index in [2.05, 4.69) is 170 Å². The second kappa shape index (κ2) is 9.93. The molecule has 0 unspecified atom stereocenters. The van der Waals surface area contributed by atoms with Crippen LogP contribution in [-0.2, 0) is 0 Å². The summed E-state index contributed by atoms with van der Waals surface area (Å²) in [5.41, 5.74) is 7.54. The average molecular weight is 557 g/mol. The van der Waals surface area contributed by atoms with E-state index in [-0.39, 0.29) is 0 Å². The Bertz CT molecular complexity index is 2520. The molecule has 0 heteroatoms. The van der Waals surface area contributed by atoms with Crippen molar-refractivity contribution in [2.45, 2.75) is 0 Å². The molecule has 0 amide bonds. The Hall–Kier alpha value is -5.72. The fraction of sp³-hybridized carbons (Fsp3) is 0. The molecule has 0 saturated carbocycles. The SMILES string of the molecule is c1ccc(-c2c3ccccc3c(-c3ccccc3)c3cc(-c4cccc5cc6c(ccc7ccccc76)cc45)ccc23)cc1. The van der Waals surface area contributed by atoms with Crippen LogP contribution in [0.2, 0.25) is 0 Å². The molecule has 0 bridgehead atoms. The molecule has 0 aromatic heterocycles. The van der Waals surface area contributed by atoms with Crippen molar-refractivity contribution in [3.05, 3.63) is 170 Å². The first kappa shape index (κ1) is 24.8. The van der Waals surface area contributed by atoms with E-state index in [9.17, 15) is 0 Å². The summed E-state index contributed by atoms with van der Waals surface area (Å²) in [6.07, 6.45) is 0. The molecule has 9 aromatic carbocycles. The predicted molar refractivity (Wildman–Crippen MR) is 190 cm³/mol. The van der Waals surface area contributed by atoms with Gasteiger partial charge in [0.1, 0.15) is 0 Å². The zero-order chi connectivity index (χ0) is 29.0. The van der Waals surface area contributed by atoms with Gasteiger partial charge in [0.2, 0.25) is 0 Å². The highest BCUT2D eigenvalue weighted by molar-refractivity contribution is 6.22. The van der Waals surface area contributed by atoms with Gasteiger partial charge in [-0.15, -0.1) is 0 Å². The molecule has 0 N–H and O–H groups in total. The smallest absolute Gasteiger partial charge is 0.00262 e. The van der Waals surface area contributed by atoms with Gasteiger partial charge < -0.3 is 0 Å². The highest BCUT2D eigenvalue weighted by Gasteiger charge is 2.18. The van der Waals surface area contributed by atoms with Crippen molar-refractivity contribution in [3.8, 4) is 33.4 Å². The monoisotopic (exact) mass is 556 g/mol. The van der Waals surface area contributed by atoms with Crippen LogP contribution in [0.1, 0.15) is 0 Å². The quantitative estimate of drug-likeness (QED) is 0.150. The molecule has 0 aliphatic heterocycles. The topological polar surface area (TPSA) is 0 Å². The minimum atomic E-state index is 1.23. The number of benzene rings is 9. The third-order valence-corrected chi connectivity index (χ3v) is 9.20. The Balaban J connectivity index is 1.37. The van der Waals surface area contributed by atoms with Gasteiger partial charge in [-0.3, -0.25) is 0 Å². The van der Waals surface area contributed by atoms with E-state index in [1.165, 1.54) is 87.2 Å². The molecule has 0 nitrogen and oxygen atoms in total. The van der Waals surface area contributed by atoms with Gasteiger partial charge >= 0.3 is 0 Å². The summed E-state index contributed by atoms with van der Waals surface area (Å²) in [6, 6.07) is 62.3. The molecule has 0 aliphatic carbocycles. The lowest BCUT2D eigenvalue weighted by atomic mass is 9.84. The van der Waals surface area contributed by atoms with E-state index in [4.69, 9.17) is 0 Å². The Morgan fingerprint density at radius 2 is 0.750 bits per heavy atom. The van der Waals surface area contributed by atoms with E-state index in [1.54, 1.807) is 0 Å². The molecule has 0 radical (unpaired) electrons. The number of rotatable bonds is 3. The molecule has 0 saturated heterocycles. The Labute approximate surface area is 256 Å². The largest absolute Gasteiger partial charge is 0.0622 e. The zero-order valence-corrected chi connectivity index (χ0v) is 24.2. The van der Waals surface area contributed by atoms with E-state index in [0.29, 0.717) is 0 Å². The van der Waals surface area contributed by atoms with E-state index in [0.717, 1.165) is 0 Å². The maximum atomic E-state index is 2.43. The van der Waals surface area contributed by atoms with Crippen LogP contribution in [0.4, 0.5) is 0 Å². The van der Waals surface area contributed by atoms with Crippen molar-refractivity contribution in [1.29, 1.82) is 0 Å². The third-order valence-electron chi connectivity index (χ3n) is 9.20. The van der Waals surface area contributed by atoms with Gasteiger partial charge in [-0.25, -0.2) is 0 Å². The first-order chi connectivity index (χ1) is 21.8. The van der Waals surface area contributed by atoms with Gasteiger partial charge in [0, 0.05) is 0 Å². The van der Waals surface area contributed by atoms with Gasteiger partial charge in [0.25, 0.3) is 0 Å². The predicted octanol–water partition coefficient (Wildman–Crippen LogP) is 12.5. The van der Waals surface area contributed by atoms with Crippen LogP contribution >= 0.6 is 0 Å². The molecule has 0 aliphatic rings. The molecule has 9 aromatic rings.